The van der Waals surface area contributed by atoms with Crippen LogP contribution < -0.4 is 0 Å². The minimum Gasteiger partial charge on any atom is -0.259 e. The van der Waals surface area contributed by atoms with Crippen molar-refractivity contribution in [3.05, 3.63) is 77.5 Å². The molecule has 1 unspecified atom stereocenters. The lowest BCUT2D eigenvalue weighted by atomic mass is 9.66. The van der Waals surface area contributed by atoms with E-state index in [2.05, 4.69) is 34.1 Å². The highest BCUT2D eigenvalue weighted by molar-refractivity contribution is 7.90. The Balaban J connectivity index is 1.45. The highest BCUT2D eigenvalue weighted by Gasteiger charge is 2.65. The molecule has 190 valence electrons. The van der Waals surface area contributed by atoms with Crippen molar-refractivity contribution in [2.24, 2.45) is 5.41 Å². The first-order valence-corrected chi connectivity index (χ1v) is 14.0. The van der Waals surface area contributed by atoms with Crippen LogP contribution in [0.2, 0.25) is 0 Å². The van der Waals surface area contributed by atoms with Gasteiger partial charge in [0, 0.05) is 18.6 Å². The Morgan fingerprint density at radius 2 is 1.95 bits per heavy atom. The van der Waals surface area contributed by atoms with Crippen molar-refractivity contribution in [1.29, 1.82) is 4.78 Å². The fourth-order valence-corrected chi connectivity index (χ4v) is 6.94. The second-order valence-electron chi connectivity index (χ2n) is 10.5. The molecule has 3 aromatic heterocycles. The fourth-order valence-electron chi connectivity index (χ4n) is 6.29. The topological polar surface area (TPSA) is 110 Å². The van der Waals surface area contributed by atoms with Gasteiger partial charge >= 0.3 is 0 Å². The number of aromatic nitrogens is 6. The number of rotatable bonds is 5. The van der Waals surface area contributed by atoms with Crippen LogP contribution in [0.1, 0.15) is 49.6 Å². The van der Waals surface area contributed by atoms with Crippen molar-refractivity contribution >= 4 is 9.73 Å². The molecule has 0 radical (unpaired) electrons. The Hall–Kier alpha value is -3.60. The molecule has 37 heavy (non-hydrogen) atoms. The average Bonchev–Trinajstić information content (AvgIpc) is 3.45. The van der Waals surface area contributed by atoms with Gasteiger partial charge in [0.1, 0.15) is 17.5 Å². The van der Waals surface area contributed by atoms with E-state index in [-0.39, 0.29) is 28.5 Å². The second kappa shape index (κ2) is 7.95. The molecule has 0 saturated heterocycles. The first-order chi connectivity index (χ1) is 17.5. The third-order valence-corrected chi connectivity index (χ3v) is 8.72. The Morgan fingerprint density at radius 3 is 2.68 bits per heavy atom. The summed E-state index contributed by atoms with van der Waals surface area (Å²) >= 11 is 0. The Bertz CT molecular complexity index is 1650. The molecule has 0 aliphatic heterocycles. The minimum atomic E-state index is -2.76. The molecule has 1 N–H and O–H groups in total. The molecular formula is C26H25F2N7OS. The van der Waals surface area contributed by atoms with E-state index in [0.717, 1.165) is 29.8 Å². The molecule has 11 heteroatoms. The summed E-state index contributed by atoms with van der Waals surface area (Å²) in [6, 6.07) is 7.45. The van der Waals surface area contributed by atoms with Crippen molar-refractivity contribution in [3.8, 4) is 22.6 Å². The van der Waals surface area contributed by atoms with Crippen LogP contribution in [0.15, 0.2) is 48.9 Å². The summed E-state index contributed by atoms with van der Waals surface area (Å²) in [6.45, 7) is 4.36. The smallest absolute Gasteiger partial charge is 0.162 e. The molecule has 3 atom stereocenters. The van der Waals surface area contributed by atoms with Crippen LogP contribution in [-0.2, 0) is 21.0 Å². The van der Waals surface area contributed by atoms with Crippen LogP contribution in [0.25, 0.3) is 22.6 Å². The molecule has 8 nitrogen and oxygen atoms in total. The van der Waals surface area contributed by atoms with E-state index in [1.165, 1.54) is 29.1 Å². The highest BCUT2D eigenvalue weighted by atomic mass is 32.2. The van der Waals surface area contributed by atoms with E-state index in [0.29, 0.717) is 11.4 Å². The number of halogens is 2. The zero-order valence-electron chi connectivity index (χ0n) is 20.6. The number of benzene rings is 1. The van der Waals surface area contributed by atoms with Gasteiger partial charge in [0.25, 0.3) is 0 Å². The predicted molar refractivity (Wildman–Crippen MR) is 134 cm³/mol. The van der Waals surface area contributed by atoms with Gasteiger partial charge in [-0.25, -0.2) is 23.0 Å². The minimum absolute atomic E-state index is 0.0146. The molecule has 4 aromatic rings. The quantitative estimate of drug-likeness (QED) is 0.400. The van der Waals surface area contributed by atoms with E-state index in [1.807, 2.05) is 6.07 Å². The van der Waals surface area contributed by atoms with Gasteiger partial charge in [-0.1, -0.05) is 19.9 Å². The standard InChI is InChI=1S/C26H25F2N7OS/c1-25(2)17-7-9-26(25,23-16(17)11-20(33-34-23)22-18(27)5-4-6-19(22)28)21-8-10-30-24(32-21)15-12-31-35(13-15)14-37(3,29)36/h4-6,8,10-13,17,29H,7,9,14H2,1-3H3/t17-,26-,37?/m0/s1. The predicted octanol–water partition coefficient (Wildman–Crippen LogP) is 4.91. The lowest BCUT2D eigenvalue weighted by Crippen LogP contribution is -2.38. The molecule has 3 heterocycles. The molecule has 1 aromatic carbocycles. The van der Waals surface area contributed by atoms with Crippen LogP contribution in [0.4, 0.5) is 8.78 Å². The second-order valence-corrected chi connectivity index (χ2v) is 12.8. The molecule has 1 saturated carbocycles. The third-order valence-electron chi connectivity index (χ3n) is 7.96. The Kier molecular flexibility index (Phi) is 5.11. The van der Waals surface area contributed by atoms with E-state index >= 15 is 0 Å². The fraction of sp³-hybridized carbons (Fsp3) is 0.346. The van der Waals surface area contributed by atoms with Gasteiger partial charge < -0.3 is 0 Å². The lowest BCUT2D eigenvalue weighted by Gasteiger charge is -2.37. The van der Waals surface area contributed by atoms with Crippen molar-refractivity contribution < 1.29 is 13.0 Å². The normalized spacial score (nSPS) is 23.1. The first kappa shape index (κ1) is 23.8. The van der Waals surface area contributed by atoms with Gasteiger partial charge in [-0.05, 0) is 54.0 Å². The molecule has 0 spiro atoms. The van der Waals surface area contributed by atoms with Crippen molar-refractivity contribution in [2.45, 2.75) is 43.9 Å². The summed E-state index contributed by atoms with van der Waals surface area (Å²) in [5.41, 5.74) is 2.39. The maximum Gasteiger partial charge on any atom is 0.162 e. The summed E-state index contributed by atoms with van der Waals surface area (Å²) in [4.78, 5) is 9.38. The van der Waals surface area contributed by atoms with E-state index in [9.17, 15) is 13.0 Å². The Labute approximate surface area is 213 Å². The molecule has 2 bridgehead atoms. The summed E-state index contributed by atoms with van der Waals surface area (Å²) in [5, 5.41) is 13.1. The van der Waals surface area contributed by atoms with Crippen molar-refractivity contribution in [3.63, 3.8) is 0 Å². The molecule has 1 fully saturated rings. The largest absolute Gasteiger partial charge is 0.259 e. The van der Waals surface area contributed by atoms with Gasteiger partial charge in [-0.2, -0.15) is 10.2 Å². The summed E-state index contributed by atoms with van der Waals surface area (Å²) < 4.78 is 50.0. The molecular weight excluding hydrogens is 496 g/mol. The highest BCUT2D eigenvalue weighted by Crippen LogP contribution is 2.69. The monoisotopic (exact) mass is 521 g/mol. The Morgan fingerprint density at radius 1 is 1.19 bits per heavy atom. The number of nitrogens with one attached hydrogen (secondary N) is 1. The zero-order valence-corrected chi connectivity index (χ0v) is 21.4. The maximum absolute atomic E-state index is 14.5. The lowest BCUT2D eigenvalue weighted by molar-refractivity contribution is 0.243. The van der Waals surface area contributed by atoms with Crippen LogP contribution in [0.3, 0.4) is 0 Å². The number of nitrogens with zero attached hydrogens (tertiary/aromatic N) is 6. The van der Waals surface area contributed by atoms with E-state index in [1.54, 1.807) is 24.7 Å². The van der Waals surface area contributed by atoms with Gasteiger partial charge in [0.2, 0.25) is 0 Å². The first-order valence-electron chi connectivity index (χ1n) is 11.9. The number of fused-ring (bicyclic) bond motifs is 5. The molecule has 2 aliphatic carbocycles. The average molecular weight is 522 g/mol. The van der Waals surface area contributed by atoms with E-state index < -0.39 is 26.8 Å². The molecule has 0 amide bonds. The summed E-state index contributed by atoms with van der Waals surface area (Å²) in [6.07, 6.45) is 8.06. The van der Waals surface area contributed by atoms with Gasteiger partial charge in [-0.3, -0.25) is 9.46 Å². The van der Waals surface area contributed by atoms with Crippen molar-refractivity contribution in [2.75, 3.05) is 6.26 Å². The van der Waals surface area contributed by atoms with Gasteiger partial charge in [0.15, 0.2) is 5.82 Å². The van der Waals surface area contributed by atoms with E-state index in [4.69, 9.17) is 9.76 Å². The molecule has 6 rings (SSSR count). The van der Waals surface area contributed by atoms with Crippen molar-refractivity contribution in [1.82, 2.24) is 29.9 Å². The van der Waals surface area contributed by atoms with Gasteiger partial charge in [0.05, 0.1) is 49.5 Å². The van der Waals surface area contributed by atoms with Crippen LogP contribution >= 0.6 is 0 Å². The van der Waals surface area contributed by atoms with Crippen LogP contribution in [0.5, 0.6) is 0 Å². The maximum atomic E-state index is 14.5. The zero-order chi connectivity index (χ0) is 26.2. The van der Waals surface area contributed by atoms with Crippen LogP contribution in [0, 0.1) is 21.8 Å². The number of hydrogen-bond acceptors (Lipinski definition) is 7. The van der Waals surface area contributed by atoms with Gasteiger partial charge in [-0.15, -0.1) is 5.10 Å². The van der Waals surface area contributed by atoms with Crippen LogP contribution in [-0.4, -0.2) is 40.4 Å². The number of hydrogen-bond donors (Lipinski definition) is 1. The third kappa shape index (κ3) is 3.51. The molecule has 2 aliphatic rings. The summed E-state index contributed by atoms with van der Waals surface area (Å²) in [7, 11) is -2.76. The SMILES string of the molecule is CC1(C)[C@H]2CC[C@]1(c1ccnc(-c3cnn(CS(C)(=N)=O)c3)n1)c1nnc(-c3c(F)cccc3F)cc12. The summed E-state index contributed by atoms with van der Waals surface area (Å²) in [5.74, 6) is -0.758.